The first-order valence-electron chi connectivity index (χ1n) is 8.06. The molecule has 1 aromatic heterocycles. The predicted octanol–water partition coefficient (Wildman–Crippen LogP) is 2.56. The van der Waals surface area contributed by atoms with Gasteiger partial charge < -0.3 is 20.1 Å². The van der Waals surface area contributed by atoms with E-state index in [4.69, 9.17) is 9.47 Å². The summed E-state index contributed by atoms with van der Waals surface area (Å²) < 4.78 is 11.2. The molecule has 1 aliphatic rings. The molecule has 0 spiro atoms. The van der Waals surface area contributed by atoms with Gasteiger partial charge in [-0.25, -0.2) is 0 Å². The number of aromatic nitrogens is 1. The van der Waals surface area contributed by atoms with Crippen molar-refractivity contribution in [3.8, 4) is 5.75 Å². The topological polar surface area (TPSA) is 67.8 Å². The molecule has 0 amide bonds. The fourth-order valence-corrected chi connectivity index (χ4v) is 2.88. The molecule has 0 saturated carbocycles. The number of aliphatic imine (C=N–C) groups is 1. The van der Waals surface area contributed by atoms with E-state index in [1.54, 1.807) is 14.2 Å². The molecule has 24 heavy (non-hydrogen) atoms. The van der Waals surface area contributed by atoms with Crippen molar-refractivity contribution in [2.45, 2.75) is 45.8 Å². The van der Waals surface area contributed by atoms with Crippen LogP contribution >= 0.6 is 24.0 Å². The zero-order valence-corrected chi connectivity index (χ0v) is 17.6. The lowest BCUT2D eigenvalue weighted by Gasteiger charge is -2.24. The fourth-order valence-electron chi connectivity index (χ4n) is 2.88. The van der Waals surface area contributed by atoms with Crippen molar-refractivity contribution in [2.75, 3.05) is 27.3 Å². The lowest BCUT2D eigenvalue weighted by atomic mass is 10.0. The summed E-state index contributed by atoms with van der Waals surface area (Å²) in [5.74, 6) is 1.65. The first-order valence-corrected chi connectivity index (χ1v) is 8.06. The van der Waals surface area contributed by atoms with Gasteiger partial charge >= 0.3 is 0 Å². The van der Waals surface area contributed by atoms with Crippen LogP contribution in [0.5, 0.6) is 5.75 Å². The second-order valence-electron chi connectivity index (χ2n) is 6.23. The number of methoxy groups -OCH3 is 1. The summed E-state index contributed by atoms with van der Waals surface area (Å²) in [5.41, 5.74) is 2.96. The van der Waals surface area contributed by atoms with Crippen molar-refractivity contribution in [3.63, 3.8) is 0 Å². The van der Waals surface area contributed by atoms with Crippen molar-refractivity contribution >= 4 is 29.9 Å². The molecule has 2 N–H and O–H groups in total. The van der Waals surface area contributed by atoms with E-state index >= 15 is 0 Å². The quantitative estimate of drug-likeness (QED) is 0.412. The Labute approximate surface area is 161 Å². The van der Waals surface area contributed by atoms with Crippen molar-refractivity contribution < 1.29 is 9.47 Å². The van der Waals surface area contributed by atoms with Crippen LogP contribution in [-0.4, -0.2) is 43.9 Å². The van der Waals surface area contributed by atoms with Crippen molar-refractivity contribution in [1.82, 2.24) is 15.6 Å². The highest BCUT2D eigenvalue weighted by atomic mass is 127. The molecule has 0 aromatic carbocycles. The summed E-state index contributed by atoms with van der Waals surface area (Å²) in [6, 6.07) is 0. The Balaban J connectivity index is 0.00000288. The van der Waals surface area contributed by atoms with E-state index in [-0.39, 0.29) is 29.6 Å². The average Bonchev–Trinajstić information content (AvgIpc) is 2.97. The van der Waals surface area contributed by atoms with Gasteiger partial charge in [0, 0.05) is 37.5 Å². The summed E-state index contributed by atoms with van der Waals surface area (Å²) >= 11 is 0. The number of nitrogens with one attached hydrogen (secondary N) is 2. The number of hydrogen-bond donors (Lipinski definition) is 2. The number of halogens is 1. The molecule has 0 bridgehead atoms. The van der Waals surface area contributed by atoms with E-state index in [0.29, 0.717) is 6.54 Å². The zero-order valence-electron chi connectivity index (χ0n) is 15.2. The number of nitrogens with zero attached hydrogens (tertiary/aromatic N) is 2. The summed E-state index contributed by atoms with van der Waals surface area (Å²) in [5, 5.41) is 6.64. The molecule has 2 heterocycles. The normalized spacial score (nSPS) is 20.5. The average molecular weight is 448 g/mol. The van der Waals surface area contributed by atoms with Crippen LogP contribution in [0.15, 0.2) is 11.2 Å². The predicted molar refractivity (Wildman–Crippen MR) is 107 cm³/mol. The van der Waals surface area contributed by atoms with Crippen LogP contribution in [-0.2, 0) is 11.3 Å². The Morgan fingerprint density at radius 3 is 2.75 bits per heavy atom. The van der Waals surface area contributed by atoms with Crippen molar-refractivity contribution in [1.29, 1.82) is 0 Å². The smallest absolute Gasteiger partial charge is 0.191 e. The minimum Gasteiger partial charge on any atom is -0.496 e. The van der Waals surface area contributed by atoms with Crippen LogP contribution < -0.4 is 15.4 Å². The maximum atomic E-state index is 5.79. The molecule has 1 fully saturated rings. The Morgan fingerprint density at radius 2 is 2.17 bits per heavy atom. The maximum Gasteiger partial charge on any atom is 0.191 e. The third kappa shape index (κ3) is 5.20. The van der Waals surface area contributed by atoms with Crippen molar-refractivity contribution in [2.24, 2.45) is 4.99 Å². The second kappa shape index (κ2) is 9.41. The van der Waals surface area contributed by atoms with Gasteiger partial charge in [0.15, 0.2) is 5.96 Å². The zero-order chi connectivity index (χ0) is 16.9. The lowest BCUT2D eigenvalue weighted by molar-refractivity contribution is 0.0243. The molecule has 1 saturated heterocycles. The largest absolute Gasteiger partial charge is 0.496 e. The summed E-state index contributed by atoms with van der Waals surface area (Å²) in [6.07, 6.45) is 4.04. The molecular formula is C17H29IN4O2. The monoisotopic (exact) mass is 448 g/mol. The molecule has 7 heteroatoms. The molecule has 1 aliphatic heterocycles. The van der Waals surface area contributed by atoms with Gasteiger partial charge in [-0.1, -0.05) is 0 Å². The first-order chi connectivity index (χ1) is 11.0. The second-order valence-corrected chi connectivity index (χ2v) is 6.23. The fraction of sp³-hybridized carbons (Fsp3) is 0.647. The summed E-state index contributed by atoms with van der Waals surface area (Å²) in [4.78, 5) is 8.76. The molecule has 0 radical (unpaired) electrons. The standard InChI is InChI=1S/C17H28N4O2.HI/c1-12-9-19-14(13(2)15(12)22-5)10-20-16(18-4)21-11-17(3)7-6-8-23-17;/h9H,6-8,10-11H2,1-5H3,(H2,18,20,21);1H. The number of rotatable bonds is 5. The highest BCUT2D eigenvalue weighted by Gasteiger charge is 2.29. The molecular weight excluding hydrogens is 419 g/mol. The number of hydrogen-bond acceptors (Lipinski definition) is 4. The highest BCUT2D eigenvalue weighted by Crippen LogP contribution is 2.24. The van der Waals surface area contributed by atoms with Crippen LogP contribution in [0.1, 0.15) is 36.6 Å². The Morgan fingerprint density at radius 1 is 1.42 bits per heavy atom. The molecule has 0 aliphatic carbocycles. The molecule has 1 aromatic rings. The third-order valence-corrected chi connectivity index (χ3v) is 4.33. The number of pyridine rings is 1. The van der Waals surface area contributed by atoms with Gasteiger partial charge in [-0.3, -0.25) is 9.98 Å². The molecule has 2 rings (SSSR count). The van der Waals surface area contributed by atoms with E-state index < -0.39 is 0 Å². The summed E-state index contributed by atoms with van der Waals surface area (Å²) in [6.45, 7) is 8.35. The van der Waals surface area contributed by atoms with E-state index in [9.17, 15) is 0 Å². The van der Waals surface area contributed by atoms with E-state index in [1.165, 1.54) is 0 Å². The van der Waals surface area contributed by atoms with E-state index in [2.05, 4.69) is 27.5 Å². The van der Waals surface area contributed by atoms with Crippen LogP contribution in [0.4, 0.5) is 0 Å². The van der Waals surface area contributed by atoms with Crippen LogP contribution in [0.25, 0.3) is 0 Å². The van der Waals surface area contributed by atoms with Gasteiger partial charge in [0.05, 0.1) is 24.9 Å². The molecule has 1 atom stereocenters. The van der Waals surface area contributed by atoms with Crippen LogP contribution in [0, 0.1) is 13.8 Å². The van der Waals surface area contributed by atoms with Gasteiger partial charge in [0.25, 0.3) is 0 Å². The Kier molecular flexibility index (Phi) is 8.21. The SMILES string of the molecule is CN=C(NCc1ncc(C)c(OC)c1C)NCC1(C)CCCO1.I. The summed E-state index contributed by atoms with van der Waals surface area (Å²) in [7, 11) is 3.46. The Hall–Kier alpha value is -1.09. The maximum absolute atomic E-state index is 5.79. The van der Waals surface area contributed by atoms with Crippen molar-refractivity contribution in [3.05, 3.63) is 23.0 Å². The first kappa shape index (κ1) is 21.0. The van der Waals surface area contributed by atoms with Gasteiger partial charge in [-0.2, -0.15) is 0 Å². The minimum absolute atomic E-state index is 0. The molecule has 136 valence electrons. The van der Waals surface area contributed by atoms with Crippen LogP contribution in [0.3, 0.4) is 0 Å². The minimum atomic E-state index is -0.0983. The lowest BCUT2D eigenvalue weighted by Crippen LogP contribution is -2.45. The van der Waals surface area contributed by atoms with Gasteiger partial charge in [-0.05, 0) is 33.6 Å². The highest BCUT2D eigenvalue weighted by molar-refractivity contribution is 14.0. The molecule has 6 nitrogen and oxygen atoms in total. The van der Waals surface area contributed by atoms with E-state index in [0.717, 1.165) is 54.5 Å². The number of guanidine groups is 1. The van der Waals surface area contributed by atoms with Gasteiger partial charge in [0.2, 0.25) is 0 Å². The Bertz CT molecular complexity index is 572. The van der Waals surface area contributed by atoms with E-state index in [1.807, 2.05) is 20.0 Å². The van der Waals surface area contributed by atoms with Gasteiger partial charge in [0.1, 0.15) is 5.75 Å². The third-order valence-electron chi connectivity index (χ3n) is 4.33. The number of aryl methyl sites for hydroxylation is 1. The van der Waals surface area contributed by atoms with Crippen LogP contribution in [0.2, 0.25) is 0 Å². The number of ether oxygens (including phenoxy) is 2. The molecule has 1 unspecified atom stereocenters. The van der Waals surface area contributed by atoms with Gasteiger partial charge in [-0.15, -0.1) is 24.0 Å².